The van der Waals surface area contributed by atoms with Crippen molar-refractivity contribution in [2.75, 3.05) is 26.8 Å². The quantitative estimate of drug-likeness (QED) is 0.621. The van der Waals surface area contributed by atoms with Crippen molar-refractivity contribution >= 4 is 5.84 Å². The number of nitrogen functional groups attached to an aromatic ring is 1. The molecular weight excluding hydrogens is 266 g/mol. The molecule has 0 bridgehead atoms. The predicted molar refractivity (Wildman–Crippen MR) is 83.9 cm³/mol. The first kappa shape index (κ1) is 15.8. The van der Waals surface area contributed by atoms with Gasteiger partial charge in [0.05, 0.1) is 18.8 Å². The lowest BCUT2D eigenvalue weighted by Crippen LogP contribution is -2.36. The normalized spacial score (nSPS) is 16.9. The van der Waals surface area contributed by atoms with Gasteiger partial charge < -0.3 is 15.2 Å². The minimum absolute atomic E-state index is 0.0451. The summed E-state index contributed by atoms with van der Waals surface area (Å²) in [6.45, 7) is 5.82. The van der Waals surface area contributed by atoms with Crippen molar-refractivity contribution in [1.29, 1.82) is 5.41 Å². The van der Waals surface area contributed by atoms with Crippen LogP contribution in [0.3, 0.4) is 0 Å². The summed E-state index contributed by atoms with van der Waals surface area (Å²) in [4.78, 5) is 2.42. The number of hydrogen-bond acceptors (Lipinski definition) is 4. The SMILES string of the molecule is CCOC1CCN(Cc2ccc(OC)c(C(=N)N)c2)CC1. The van der Waals surface area contributed by atoms with E-state index in [0.717, 1.165) is 44.6 Å². The molecule has 5 heteroatoms. The molecule has 1 aliphatic rings. The number of likely N-dealkylation sites (tertiary alicyclic amines) is 1. The van der Waals surface area contributed by atoms with Crippen molar-refractivity contribution in [3.05, 3.63) is 29.3 Å². The fourth-order valence-corrected chi connectivity index (χ4v) is 2.79. The van der Waals surface area contributed by atoms with Crippen LogP contribution in [0.5, 0.6) is 5.75 Å². The monoisotopic (exact) mass is 291 g/mol. The average Bonchev–Trinajstić information content (AvgIpc) is 2.49. The molecule has 1 aliphatic heterocycles. The third-order valence-corrected chi connectivity index (χ3v) is 3.90. The van der Waals surface area contributed by atoms with Crippen molar-refractivity contribution in [3.8, 4) is 5.75 Å². The Balaban J connectivity index is 1.97. The number of methoxy groups -OCH3 is 1. The molecule has 21 heavy (non-hydrogen) atoms. The smallest absolute Gasteiger partial charge is 0.129 e. The first-order chi connectivity index (χ1) is 10.1. The Bertz CT molecular complexity index is 482. The molecule has 0 spiro atoms. The van der Waals surface area contributed by atoms with Crippen molar-refractivity contribution in [3.63, 3.8) is 0 Å². The van der Waals surface area contributed by atoms with E-state index in [9.17, 15) is 0 Å². The molecule has 0 aliphatic carbocycles. The lowest BCUT2D eigenvalue weighted by Gasteiger charge is -2.31. The van der Waals surface area contributed by atoms with Crippen molar-refractivity contribution in [2.45, 2.75) is 32.4 Å². The van der Waals surface area contributed by atoms with Crippen LogP contribution in [0.1, 0.15) is 30.9 Å². The summed E-state index contributed by atoms with van der Waals surface area (Å²) in [5, 5.41) is 7.64. The van der Waals surface area contributed by atoms with Gasteiger partial charge in [-0.15, -0.1) is 0 Å². The van der Waals surface area contributed by atoms with Crippen LogP contribution in [0.25, 0.3) is 0 Å². The van der Waals surface area contributed by atoms with Gasteiger partial charge in [-0.3, -0.25) is 10.3 Å². The molecule has 1 saturated heterocycles. The molecule has 5 nitrogen and oxygen atoms in total. The number of nitrogens with one attached hydrogen (secondary N) is 1. The third kappa shape index (κ3) is 4.19. The number of hydrogen-bond donors (Lipinski definition) is 2. The molecule has 1 fully saturated rings. The Morgan fingerprint density at radius 2 is 2.10 bits per heavy atom. The zero-order chi connectivity index (χ0) is 15.2. The van der Waals surface area contributed by atoms with Gasteiger partial charge in [-0.25, -0.2) is 0 Å². The van der Waals surface area contributed by atoms with Gasteiger partial charge in [0, 0.05) is 26.2 Å². The highest BCUT2D eigenvalue weighted by molar-refractivity contribution is 5.97. The maximum atomic E-state index is 7.64. The Labute approximate surface area is 126 Å². The van der Waals surface area contributed by atoms with Gasteiger partial charge in [0.15, 0.2) is 0 Å². The number of rotatable bonds is 6. The van der Waals surface area contributed by atoms with E-state index < -0.39 is 0 Å². The third-order valence-electron chi connectivity index (χ3n) is 3.90. The van der Waals surface area contributed by atoms with Crippen LogP contribution in [0.15, 0.2) is 18.2 Å². The molecule has 0 radical (unpaired) electrons. The van der Waals surface area contributed by atoms with Gasteiger partial charge in [0.25, 0.3) is 0 Å². The van der Waals surface area contributed by atoms with E-state index >= 15 is 0 Å². The first-order valence-corrected chi connectivity index (χ1v) is 7.49. The molecule has 1 aromatic rings. The van der Waals surface area contributed by atoms with E-state index in [2.05, 4.69) is 4.90 Å². The van der Waals surface area contributed by atoms with Gasteiger partial charge in [-0.2, -0.15) is 0 Å². The molecule has 0 aromatic heterocycles. The number of nitrogens with two attached hydrogens (primary N) is 1. The number of ether oxygens (including phenoxy) is 2. The summed E-state index contributed by atoms with van der Waals surface area (Å²) in [6.07, 6.45) is 2.59. The van der Waals surface area contributed by atoms with E-state index in [0.29, 0.717) is 17.4 Å². The minimum Gasteiger partial charge on any atom is -0.496 e. The Morgan fingerprint density at radius 3 is 2.67 bits per heavy atom. The van der Waals surface area contributed by atoms with Gasteiger partial charge in [0.2, 0.25) is 0 Å². The van der Waals surface area contributed by atoms with Crippen LogP contribution in [-0.4, -0.2) is 43.6 Å². The van der Waals surface area contributed by atoms with Crippen LogP contribution in [0, 0.1) is 5.41 Å². The summed E-state index contributed by atoms with van der Waals surface area (Å²) >= 11 is 0. The molecule has 1 heterocycles. The van der Waals surface area contributed by atoms with Gasteiger partial charge >= 0.3 is 0 Å². The Morgan fingerprint density at radius 1 is 1.38 bits per heavy atom. The molecule has 2 rings (SSSR count). The highest BCUT2D eigenvalue weighted by Crippen LogP contribution is 2.22. The summed E-state index contributed by atoms with van der Waals surface area (Å²) in [7, 11) is 1.60. The van der Waals surface area contributed by atoms with E-state index in [4.69, 9.17) is 20.6 Å². The highest BCUT2D eigenvalue weighted by Gasteiger charge is 2.19. The van der Waals surface area contributed by atoms with Crippen LogP contribution in [0.4, 0.5) is 0 Å². The van der Waals surface area contributed by atoms with Crippen molar-refractivity contribution < 1.29 is 9.47 Å². The van der Waals surface area contributed by atoms with E-state index in [1.54, 1.807) is 7.11 Å². The van der Waals surface area contributed by atoms with Gasteiger partial charge in [0.1, 0.15) is 11.6 Å². The summed E-state index contributed by atoms with van der Waals surface area (Å²) in [5.41, 5.74) is 7.45. The molecule has 0 amide bonds. The predicted octanol–water partition coefficient (Wildman–Crippen LogP) is 1.98. The number of amidine groups is 1. The second kappa shape index (κ2) is 7.43. The molecule has 0 atom stereocenters. The van der Waals surface area contributed by atoms with Gasteiger partial charge in [-0.1, -0.05) is 6.07 Å². The molecule has 116 valence electrons. The molecule has 3 N–H and O–H groups in total. The molecular formula is C16H25N3O2. The van der Waals surface area contributed by atoms with Crippen LogP contribution >= 0.6 is 0 Å². The maximum absolute atomic E-state index is 7.64. The van der Waals surface area contributed by atoms with Gasteiger partial charge in [-0.05, 0) is 37.5 Å². The second-order valence-electron chi connectivity index (χ2n) is 5.38. The van der Waals surface area contributed by atoms with Crippen molar-refractivity contribution in [1.82, 2.24) is 4.90 Å². The average molecular weight is 291 g/mol. The maximum Gasteiger partial charge on any atom is 0.129 e. The number of nitrogens with zero attached hydrogens (tertiary/aromatic N) is 1. The van der Waals surface area contributed by atoms with Crippen LogP contribution < -0.4 is 10.5 Å². The standard InChI is InChI=1S/C16H25N3O2/c1-3-21-13-6-8-19(9-7-13)11-12-4-5-15(20-2)14(10-12)16(17)18/h4-5,10,13H,3,6-9,11H2,1-2H3,(H3,17,18). The molecule has 0 unspecified atom stereocenters. The Kier molecular flexibility index (Phi) is 5.59. The summed E-state index contributed by atoms with van der Waals surface area (Å²) in [5.74, 6) is 0.699. The fraction of sp³-hybridized carbons (Fsp3) is 0.562. The fourth-order valence-electron chi connectivity index (χ4n) is 2.79. The van der Waals surface area contributed by atoms with Crippen LogP contribution in [0.2, 0.25) is 0 Å². The summed E-state index contributed by atoms with van der Waals surface area (Å²) in [6, 6.07) is 5.88. The topological polar surface area (TPSA) is 71.6 Å². The van der Waals surface area contributed by atoms with E-state index in [1.807, 2.05) is 25.1 Å². The highest BCUT2D eigenvalue weighted by atomic mass is 16.5. The molecule has 1 aromatic carbocycles. The molecule has 0 saturated carbocycles. The lowest BCUT2D eigenvalue weighted by atomic mass is 10.0. The zero-order valence-electron chi connectivity index (χ0n) is 12.9. The van der Waals surface area contributed by atoms with E-state index in [-0.39, 0.29) is 5.84 Å². The number of piperidine rings is 1. The zero-order valence-corrected chi connectivity index (χ0v) is 12.9. The Hall–Kier alpha value is -1.59. The van der Waals surface area contributed by atoms with E-state index in [1.165, 1.54) is 0 Å². The van der Waals surface area contributed by atoms with Crippen LogP contribution in [-0.2, 0) is 11.3 Å². The minimum atomic E-state index is 0.0451. The number of benzene rings is 1. The largest absolute Gasteiger partial charge is 0.496 e. The summed E-state index contributed by atoms with van der Waals surface area (Å²) < 4.78 is 10.9. The second-order valence-corrected chi connectivity index (χ2v) is 5.38. The lowest BCUT2D eigenvalue weighted by molar-refractivity contribution is 0.0125. The van der Waals surface area contributed by atoms with Crippen molar-refractivity contribution in [2.24, 2.45) is 5.73 Å². The first-order valence-electron chi connectivity index (χ1n) is 7.49.